The van der Waals surface area contributed by atoms with Gasteiger partial charge in [0.15, 0.2) is 18.1 Å². The van der Waals surface area contributed by atoms with E-state index in [-0.39, 0.29) is 16.8 Å². The Labute approximate surface area is 187 Å². The van der Waals surface area contributed by atoms with Crippen LogP contribution in [0.2, 0.25) is 0 Å². The van der Waals surface area contributed by atoms with Crippen LogP contribution < -0.4 is 14.8 Å². The van der Waals surface area contributed by atoms with Crippen LogP contribution in [0, 0.1) is 0 Å². The van der Waals surface area contributed by atoms with Gasteiger partial charge in [-0.25, -0.2) is 0 Å². The molecule has 0 spiro atoms. The molecule has 2 aromatic carbocycles. The summed E-state index contributed by atoms with van der Waals surface area (Å²) in [4.78, 5) is 36.7. The van der Waals surface area contributed by atoms with E-state index in [1.807, 2.05) is 18.2 Å². The molecule has 1 aliphatic heterocycles. The quantitative estimate of drug-likeness (QED) is 0.460. The molecule has 1 fully saturated rings. The number of nitrogens with zero attached hydrogens (tertiary/aromatic N) is 1. The molecule has 3 rings (SSSR count). The Morgan fingerprint density at radius 1 is 1.19 bits per heavy atom. The number of para-hydroxylation sites is 1. The second kappa shape index (κ2) is 10.1. The zero-order valence-electron chi connectivity index (χ0n) is 16.4. The zero-order valence-corrected chi connectivity index (χ0v) is 18.0. The Balaban J connectivity index is 1.68. The van der Waals surface area contributed by atoms with Gasteiger partial charge in [-0.15, -0.1) is 0 Å². The van der Waals surface area contributed by atoms with Crippen LogP contribution in [0.5, 0.6) is 11.5 Å². The maximum atomic E-state index is 12.4. The summed E-state index contributed by atoms with van der Waals surface area (Å²) >= 11 is 6.12. The number of methoxy groups -OCH3 is 1. The van der Waals surface area contributed by atoms with E-state index in [2.05, 4.69) is 5.32 Å². The second-order valence-electron chi connectivity index (χ2n) is 6.27. The van der Waals surface area contributed by atoms with Crippen molar-refractivity contribution >= 4 is 57.8 Å². The topological polar surface area (TPSA) is 105 Å². The summed E-state index contributed by atoms with van der Waals surface area (Å²) in [6.45, 7) is -0.693. The van der Waals surface area contributed by atoms with E-state index >= 15 is 0 Å². The molecule has 0 saturated carbocycles. The number of thioether (sulfide) groups is 1. The van der Waals surface area contributed by atoms with Crippen LogP contribution in [-0.2, 0) is 14.4 Å². The summed E-state index contributed by atoms with van der Waals surface area (Å²) in [7, 11) is 1.46. The highest BCUT2D eigenvalue weighted by Gasteiger charge is 2.33. The molecule has 2 N–H and O–H groups in total. The van der Waals surface area contributed by atoms with E-state index in [4.69, 9.17) is 26.8 Å². The number of rotatable bonds is 8. The van der Waals surface area contributed by atoms with Crippen LogP contribution in [-0.4, -0.2) is 52.4 Å². The molecular formula is C21H18N2O6S2. The van der Waals surface area contributed by atoms with Gasteiger partial charge in [0.2, 0.25) is 0 Å². The number of benzene rings is 2. The number of hydrogen-bond donors (Lipinski definition) is 2. The molecular weight excluding hydrogens is 440 g/mol. The molecule has 0 aromatic heterocycles. The summed E-state index contributed by atoms with van der Waals surface area (Å²) in [5.74, 6) is -1.19. The van der Waals surface area contributed by atoms with Crippen molar-refractivity contribution in [1.82, 2.24) is 4.90 Å². The molecule has 0 aliphatic carbocycles. The predicted octanol–water partition coefficient (Wildman–Crippen LogP) is 3.00. The Morgan fingerprint density at radius 2 is 1.94 bits per heavy atom. The van der Waals surface area contributed by atoms with E-state index < -0.39 is 18.4 Å². The van der Waals surface area contributed by atoms with Crippen LogP contribution in [0.15, 0.2) is 53.4 Å². The minimum absolute atomic E-state index is 0.190. The number of carboxylic acids is 1. The molecule has 8 nitrogen and oxygen atoms in total. The van der Waals surface area contributed by atoms with E-state index in [0.717, 1.165) is 16.7 Å². The van der Waals surface area contributed by atoms with Crippen LogP contribution in [0.1, 0.15) is 5.56 Å². The minimum Gasteiger partial charge on any atom is -0.493 e. The van der Waals surface area contributed by atoms with E-state index in [0.29, 0.717) is 27.7 Å². The summed E-state index contributed by atoms with van der Waals surface area (Å²) in [5, 5.41) is 11.6. The average Bonchev–Trinajstić information content (AvgIpc) is 3.00. The van der Waals surface area contributed by atoms with Crippen molar-refractivity contribution in [3.63, 3.8) is 0 Å². The van der Waals surface area contributed by atoms with Crippen molar-refractivity contribution in [2.75, 3.05) is 25.6 Å². The Kier molecular flexibility index (Phi) is 7.27. The predicted molar refractivity (Wildman–Crippen MR) is 121 cm³/mol. The number of nitrogens with one attached hydrogen (secondary N) is 1. The number of thiocarbonyl (C=S) groups is 1. The number of amides is 2. The summed E-state index contributed by atoms with van der Waals surface area (Å²) in [5.41, 5.74) is 1.30. The largest absolute Gasteiger partial charge is 0.493 e. The SMILES string of the molecule is COc1cc(/C=C2\SC(=S)N(CC(=O)O)C2=O)ccc1OCC(=O)Nc1ccccc1. The van der Waals surface area contributed by atoms with Gasteiger partial charge in [0, 0.05) is 5.69 Å². The molecule has 2 aromatic rings. The lowest BCUT2D eigenvalue weighted by atomic mass is 10.2. The third-order valence-electron chi connectivity index (χ3n) is 4.07. The summed E-state index contributed by atoms with van der Waals surface area (Å²) in [6, 6.07) is 14.0. The molecule has 10 heteroatoms. The monoisotopic (exact) mass is 458 g/mol. The van der Waals surface area contributed by atoms with E-state index in [9.17, 15) is 14.4 Å². The molecule has 2 amide bonds. The summed E-state index contributed by atoms with van der Waals surface area (Å²) in [6.07, 6.45) is 1.59. The highest BCUT2D eigenvalue weighted by molar-refractivity contribution is 8.26. The van der Waals surface area contributed by atoms with Gasteiger partial charge in [0.05, 0.1) is 12.0 Å². The van der Waals surface area contributed by atoms with Crippen molar-refractivity contribution in [3.8, 4) is 11.5 Å². The van der Waals surface area contributed by atoms with E-state index in [1.165, 1.54) is 7.11 Å². The first-order chi connectivity index (χ1) is 14.9. The van der Waals surface area contributed by atoms with Gasteiger partial charge in [-0.2, -0.15) is 0 Å². The van der Waals surface area contributed by atoms with Gasteiger partial charge in [-0.3, -0.25) is 19.3 Å². The number of aliphatic carboxylic acids is 1. The first-order valence-corrected chi connectivity index (χ1v) is 10.2. The van der Waals surface area contributed by atoms with Crippen LogP contribution in [0.25, 0.3) is 6.08 Å². The highest BCUT2D eigenvalue weighted by atomic mass is 32.2. The van der Waals surface area contributed by atoms with Crippen molar-refractivity contribution in [1.29, 1.82) is 0 Å². The minimum atomic E-state index is -1.14. The van der Waals surface area contributed by atoms with Gasteiger partial charge in [-0.1, -0.05) is 48.2 Å². The van der Waals surface area contributed by atoms with Gasteiger partial charge in [0.1, 0.15) is 10.9 Å². The molecule has 1 heterocycles. The summed E-state index contributed by atoms with van der Waals surface area (Å²) < 4.78 is 11.1. The molecule has 0 unspecified atom stereocenters. The molecule has 31 heavy (non-hydrogen) atoms. The highest BCUT2D eigenvalue weighted by Crippen LogP contribution is 2.34. The number of carbonyl (C=O) groups excluding carboxylic acids is 2. The van der Waals surface area contributed by atoms with Gasteiger partial charge in [-0.05, 0) is 35.9 Å². The van der Waals surface area contributed by atoms with Crippen molar-refractivity contribution in [2.24, 2.45) is 0 Å². The molecule has 1 saturated heterocycles. The van der Waals surface area contributed by atoms with Crippen LogP contribution in [0.4, 0.5) is 5.69 Å². The van der Waals surface area contributed by atoms with Crippen LogP contribution >= 0.6 is 24.0 Å². The van der Waals surface area contributed by atoms with Crippen LogP contribution in [0.3, 0.4) is 0 Å². The fraction of sp³-hybridized carbons (Fsp3) is 0.143. The second-order valence-corrected chi connectivity index (χ2v) is 7.95. The Hall–Kier alpha value is -3.37. The van der Waals surface area contributed by atoms with Gasteiger partial charge >= 0.3 is 5.97 Å². The fourth-order valence-corrected chi connectivity index (χ4v) is 3.93. The lowest BCUT2D eigenvalue weighted by Crippen LogP contribution is -2.33. The molecule has 160 valence electrons. The lowest BCUT2D eigenvalue weighted by Gasteiger charge is -2.12. The molecule has 0 atom stereocenters. The zero-order chi connectivity index (χ0) is 22.4. The smallest absolute Gasteiger partial charge is 0.323 e. The number of carbonyl (C=O) groups is 3. The Bertz CT molecular complexity index is 1060. The molecule has 0 radical (unpaired) electrons. The van der Waals surface area contributed by atoms with E-state index in [1.54, 1.807) is 36.4 Å². The average molecular weight is 459 g/mol. The number of carboxylic acid groups (broad SMARTS) is 1. The van der Waals surface area contributed by atoms with Crippen molar-refractivity contribution in [3.05, 3.63) is 59.0 Å². The third kappa shape index (κ3) is 5.83. The van der Waals surface area contributed by atoms with Gasteiger partial charge in [0.25, 0.3) is 11.8 Å². The maximum Gasteiger partial charge on any atom is 0.323 e. The fourth-order valence-electron chi connectivity index (χ4n) is 2.68. The normalized spacial score (nSPS) is 14.6. The van der Waals surface area contributed by atoms with Gasteiger partial charge < -0.3 is 19.9 Å². The van der Waals surface area contributed by atoms with Crippen molar-refractivity contribution < 1.29 is 29.0 Å². The first kappa shape index (κ1) is 22.3. The Morgan fingerprint density at radius 3 is 2.61 bits per heavy atom. The standard InChI is InChI=1S/C21H18N2O6S2/c1-28-16-9-13(10-17-20(27)23(11-19(25)26)21(30)31-17)7-8-15(16)29-12-18(24)22-14-5-3-2-4-6-14/h2-10H,11-12H2,1H3,(H,22,24)(H,25,26)/b17-10-. The molecule has 1 aliphatic rings. The first-order valence-electron chi connectivity index (χ1n) is 9.00. The number of anilines is 1. The third-order valence-corrected chi connectivity index (χ3v) is 5.45. The number of hydrogen-bond acceptors (Lipinski definition) is 7. The van der Waals surface area contributed by atoms with Crippen molar-refractivity contribution in [2.45, 2.75) is 0 Å². The maximum absolute atomic E-state index is 12.4. The molecule has 0 bridgehead atoms. The lowest BCUT2D eigenvalue weighted by molar-refractivity contribution is -0.140. The number of ether oxygens (including phenoxy) is 2.